The van der Waals surface area contributed by atoms with Gasteiger partial charge in [-0.05, 0) is 55.9 Å². The third kappa shape index (κ3) is 6.24. The minimum atomic E-state index is -3.40. The summed E-state index contributed by atoms with van der Waals surface area (Å²) in [4.78, 5) is 11.3. The second-order valence-corrected chi connectivity index (χ2v) is 10.6. The number of aromatic nitrogens is 2. The van der Waals surface area contributed by atoms with E-state index in [9.17, 15) is 8.42 Å². The highest BCUT2D eigenvalue weighted by Crippen LogP contribution is 2.27. The number of sulfone groups is 1. The minimum absolute atomic E-state index is 0. The molecule has 1 aliphatic rings. The maximum absolute atomic E-state index is 13.1. The normalized spacial score (nSPS) is 20.5. The predicted octanol–water partition coefficient (Wildman–Crippen LogP) is 3.83. The molecule has 0 aliphatic carbocycles. The molecule has 1 fully saturated rings. The molecule has 1 N–H and O–H groups in total. The van der Waals surface area contributed by atoms with Crippen molar-refractivity contribution in [2.24, 2.45) is 10.9 Å². The molecule has 32 heavy (non-hydrogen) atoms. The third-order valence-electron chi connectivity index (χ3n) is 6.42. The first kappa shape index (κ1) is 26.6. The standard InChI is InChI=1S/C23H35N5O2S.HI/c1-6-20(15-31(29,30)21-8-7-17(2)19(4)13-21)26-23(24-5)27-11-9-18(3)22(14-27)28-12-10-25-16-28;/h7-8,10,12-13,16,18,20,22H,6,9,11,14-15H2,1-5H3,(H,24,26);1H. The minimum Gasteiger partial charge on any atom is -0.352 e. The molecule has 3 atom stereocenters. The molecule has 1 aliphatic heterocycles. The van der Waals surface area contributed by atoms with Crippen LogP contribution in [0.15, 0.2) is 46.8 Å². The molecule has 2 heterocycles. The van der Waals surface area contributed by atoms with Crippen LogP contribution in [0.2, 0.25) is 0 Å². The van der Waals surface area contributed by atoms with E-state index in [0.717, 1.165) is 36.6 Å². The lowest BCUT2D eigenvalue weighted by Crippen LogP contribution is -2.52. The van der Waals surface area contributed by atoms with Gasteiger partial charge in [-0.1, -0.05) is 19.9 Å². The molecule has 0 bridgehead atoms. The maximum atomic E-state index is 13.1. The lowest BCUT2D eigenvalue weighted by molar-refractivity contribution is 0.188. The molecule has 0 radical (unpaired) electrons. The van der Waals surface area contributed by atoms with Crippen LogP contribution in [0.4, 0.5) is 0 Å². The molecule has 3 rings (SSSR count). The zero-order valence-corrected chi connectivity index (χ0v) is 22.8. The lowest BCUT2D eigenvalue weighted by atomic mass is 9.93. The monoisotopic (exact) mass is 573 g/mol. The van der Waals surface area contributed by atoms with Crippen molar-refractivity contribution in [2.45, 2.75) is 57.5 Å². The van der Waals surface area contributed by atoms with E-state index in [0.29, 0.717) is 23.3 Å². The van der Waals surface area contributed by atoms with Crippen LogP contribution in [-0.4, -0.2) is 60.8 Å². The van der Waals surface area contributed by atoms with Crippen molar-refractivity contribution in [3.63, 3.8) is 0 Å². The van der Waals surface area contributed by atoms with Gasteiger partial charge < -0.3 is 14.8 Å². The molecule has 9 heteroatoms. The van der Waals surface area contributed by atoms with Crippen LogP contribution < -0.4 is 5.32 Å². The van der Waals surface area contributed by atoms with E-state index in [1.54, 1.807) is 19.2 Å². The van der Waals surface area contributed by atoms with Crippen molar-refractivity contribution in [2.75, 3.05) is 25.9 Å². The summed E-state index contributed by atoms with van der Waals surface area (Å²) in [6, 6.07) is 5.46. The fourth-order valence-corrected chi connectivity index (χ4v) is 5.78. The van der Waals surface area contributed by atoms with Gasteiger partial charge in [-0.15, -0.1) is 24.0 Å². The number of rotatable bonds is 6. The Morgan fingerprint density at radius 3 is 2.66 bits per heavy atom. The molecule has 1 aromatic carbocycles. The number of hydrogen-bond donors (Lipinski definition) is 1. The molecular formula is C23H36IN5O2S. The van der Waals surface area contributed by atoms with Gasteiger partial charge in [-0.25, -0.2) is 13.4 Å². The van der Waals surface area contributed by atoms with Gasteiger partial charge in [-0.2, -0.15) is 0 Å². The van der Waals surface area contributed by atoms with Crippen LogP contribution in [0, 0.1) is 19.8 Å². The zero-order valence-electron chi connectivity index (χ0n) is 19.7. The van der Waals surface area contributed by atoms with E-state index in [1.165, 1.54) is 0 Å². The Kier molecular flexibility index (Phi) is 9.56. The second kappa shape index (κ2) is 11.5. The van der Waals surface area contributed by atoms with Gasteiger partial charge in [0.2, 0.25) is 0 Å². The number of likely N-dealkylation sites (tertiary alicyclic amines) is 1. The van der Waals surface area contributed by atoms with Crippen LogP contribution in [0.1, 0.15) is 43.9 Å². The van der Waals surface area contributed by atoms with Crippen LogP contribution in [0.3, 0.4) is 0 Å². The first-order valence-corrected chi connectivity index (χ1v) is 12.7. The van der Waals surface area contributed by atoms with E-state index in [2.05, 4.69) is 31.7 Å². The molecular weight excluding hydrogens is 537 g/mol. The highest BCUT2D eigenvalue weighted by molar-refractivity contribution is 14.0. The number of halogens is 1. The van der Waals surface area contributed by atoms with Gasteiger partial charge in [0.25, 0.3) is 0 Å². The topological polar surface area (TPSA) is 79.6 Å². The number of aliphatic imine (C=N–C) groups is 1. The van der Waals surface area contributed by atoms with Crippen molar-refractivity contribution >= 4 is 39.8 Å². The average Bonchev–Trinajstić information content (AvgIpc) is 3.28. The molecule has 1 aromatic heterocycles. The number of guanidine groups is 1. The first-order valence-electron chi connectivity index (χ1n) is 11.0. The van der Waals surface area contributed by atoms with Gasteiger partial charge in [0.05, 0.1) is 23.0 Å². The third-order valence-corrected chi connectivity index (χ3v) is 8.24. The molecule has 0 spiro atoms. The van der Waals surface area contributed by atoms with Gasteiger partial charge in [0.15, 0.2) is 15.8 Å². The van der Waals surface area contributed by atoms with Gasteiger partial charge in [0, 0.05) is 38.6 Å². The van der Waals surface area contributed by atoms with Crippen LogP contribution in [0.5, 0.6) is 0 Å². The number of hydrogen-bond acceptors (Lipinski definition) is 4. The molecule has 178 valence electrons. The fraction of sp³-hybridized carbons (Fsp3) is 0.565. The summed E-state index contributed by atoms with van der Waals surface area (Å²) in [5, 5.41) is 3.43. The Balaban J connectivity index is 0.00000363. The van der Waals surface area contributed by atoms with Crippen molar-refractivity contribution in [1.82, 2.24) is 19.8 Å². The number of benzene rings is 1. The summed E-state index contributed by atoms with van der Waals surface area (Å²) in [6.07, 6.45) is 7.42. The van der Waals surface area contributed by atoms with E-state index in [4.69, 9.17) is 0 Å². The highest BCUT2D eigenvalue weighted by atomic mass is 127. The van der Waals surface area contributed by atoms with Gasteiger partial charge in [-0.3, -0.25) is 4.99 Å². The molecule has 7 nitrogen and oxygen atoms in total. The number of piperidine rings is 1. The van der Waals surface area contributed by atoms with Gasteiger partial charge >= 0.3 is 0 Å². The van der Waals surface area contributed by atoms with E-state index in [-0.39, 0.29) is 35.8 Å². The SMILES string of the molecule is CCC(CS(=O)(=O)c1ccc(C)c(C)c1)NC(=NC)N1CCC(C)C(n2ccnc2)C1.I. The Labute approximate surface area is 209 Å². The molecule has 3 unspecified atom stereocenters. The number of imidazole rings is 1. The first-order chi connectivity index (χ1) is 14.7. The van der Waals surface area contributed by atoms with E-state index >= 15 is 0 Å². The number of nitrogens with one attached hydrogen (secondary N) is 1. The van der Waals surface area contributed by atoms with E-state index < -0.39 is 9.84 Å². The largest absolute Gasteiger partial charge is 0.352 e. The average molecular weight is 574 g/mol. The van der Waals surface area contributed by atoms with E-state index in [1.807, 2.05) is 45.6 Å². The van der Waals surface area contributed by atoms with Crippen LogP contribution in [-0.2, 0) is 9.84 Å². The predicted molar refractivity (Wildman–Crippen MR) is 141 cm³/mol. The molecule has 1 saturated heterocycles. The molecule has 2 aromatic rings. The summed E-state index contributed by atoms with van der Waals surface area (Å²) < 4.78 is 28.3. The fourth-order valence-electron chi connectivity index (χ4n) is 4.10. The van der Waals surface area contributed by atoms with Crippen molar-refractivity contribution in [3.05, 3.63) is 48.0 Å². The Hall–Kier alpha value is -1.62. The summed E-state index contributed by atoms with van der Waals surface area (Å²) >= 11 is 0. The Morgan fingerprint density at radius 2 is 2.06 bits per heavy atom. The van der Waals surface area contributed by atoms with Crippen molar-refractivity contribution < 1.29 is 8.42 Å². The van der Waals surface area contributed by atoms with Crippen LogP contribution in [0.25, 0.3) is 0 Å². The van der Waals surface area contributed by atoms with Crippen LogP contribution >= 0.6 is 24.0 Å². The highest BCUT2D eigenvalue weighted by Gasteiger charge is 2.30. The smallest absolute Gasteiger partial charge is 0.193 e. The molecule has 0 amide bonds. The summed E-state index contributed by atoms with van der Waals surface area (Å²) in [5.41, 5.74) is 2.09. The maximum Gasteiger partial charge on any atom is 0.193 e. The zero-order chi connectivity index (χ0) is 22.6. The van der Waals surface area contributed by atoms with Crippen molar-refractivity contribution in [3.8, 4) is 0 Å². The number of nitrogens with zero attached hydrogens (tertiary/aromatic N) is 4. The lowest BCUT2D eigenvalue weighted by Gasteiger charge is -2.40. The van der Waals surface area contributed by atoms with Crippen molar-refractivity contribution in [1.29, 1.82) is 0 Å². The Morgan fingerprint density at radius 1 is 1.31 bits per heavy atom. The summed E-state index contributed by atoms with van der Waals surface area (Å²) in [6.45, 7) is 9.92. The summed E-state index contributed by atoms with van der Waals surface area (Å²) in [7, 11) is -1.64. The second-order valence-electron chi connectivity index (χ2n) is 8.61. The molecule has 0 saturated carbocycles. The number of aryl methyl sites for hydroxylation is 2. The quantitative estimate of drug-likeness (QED) is 0.323. The Bertz CT molecular complexity index is 1010. The summed E-state index contributed by atoms with van der Waals surface area (Å²) in [5.74, 6) is 1.34. The van der Waals surface area contributed by atoms with Gasteiger partial charge in [0.1, 0.15) is 0 Å².